The number of phenols is 1. The Morgan fingerprint density at radius 3 is 2.67 bits per heavy atom. The van der Waals surface area contributed by atoms with Gasteiger partial charge in [-0.15, -0.1) is 23.4 Å². The van der Waals surface area contributed by atoms with Crippen molar-refractivity contribution in [1.29, 1.82) is 0 Å². The topological polar surface area (TPSA) is 70.5 Å². The molecule has 0 radical (unpaired) electrons. The maximum absolute atomic E-state index is 12.3. The van der Waals surface area contributed by atoms with Gasteiger partial charge in [0.1, 0.15) is 17.3 Å². The van der Waals surface area contributed by atoms with E-state index in [-0.39, 0.29) is 11.8 Å². The standard InChI is InChI=1S/C18H21F3N4O2/c1-11-8-16(22-12-4-3-7-25(2)10-12)23-24-17(11)14-6-5-13(9-15(14)26)27-18(19,20)21/h5-6,8-9,12,26H,3-4,7,10H2,1-2H3,(H,22,23)/t12-/m0/s1. The predicted molar refractivity (Wildman–Crippen MR) is 94.7 cm³/mol. The van der Waals surface area contributed by atoms with Crippen molar-refractivity contribution in [1.82, 2.24) is 15.1 Å². The van der Waals surface area contributed by atoms with Gasteiger partial charge in [-0.3, -0.25) is 0 Å². The number of hydrogen-bond acceptors (Lipinski definition) is 6. The van der Waals surface area contributed by atoms with Crippen molar-refractivity contribution in [2.75, 3.05) is 25.5 Å². The highest BCUT2D eigenvalue weighted by Gasteiger charge is 2.31. The lowest BCUT2D eigenvalue weighted by atomic mass is 10.1. The molecular weight excluding hydrogens is 361 g/mol. The highest BCUT2D eigenvalue weighted by Crippen LogP contribution is 2.35. The van der Waals surface area contributed by atoms with Crippen molar-refractivity contribution >= 4 is 5.82 Å². The molecule has 27 heavy (non-hydrogen) atoms. The van der Waals surface area contributed by atoms with Crippen molar-refractivity contribution in [3.8, 4) is 22.8 Å². The Morgan fingerprint density at radius 2 is 2.04 bits per heavy atom. The van der Waals surface area contributed by atoms with E-state index in [1.807, 2.05) is 13.0 Å². The Morgan fingerprint density at radius 1 is 1.26 bits per heavy atom. The summed E-state index contributed by atoms with van der Waals surface area (Å²) >= 11 is 0. The van der Waals surface area contributed by atoms with E-state index in [9.17, 15) is 18.3 Å². The second-order valence-corrected chi connectivity index (χ2v) is 6.73. The summed E-state index contributed by atoms with van der Waals surface area (Å²) in [6, 6.07) is 5.48. The Kier molecular flexibility index (Phi) is 5.41. The van der Waals surface area contributed by atoms with Crippen molar-refractivity contribution in [3.05, 3.63) is 29.8 Å². The molecular formula is C18H21F3N4O2. The minimum Gasteiger partial charge on any atom is -0.507 e. The van der Waals surface area contributed by atoms with E-state index in [1.54, 1.807) is 0 Å². The summed E-state index contributed by atoms with van der Waals surface area (Å²) in [5.41, 5.74) is 1.44. The highest BCUT2D eigenvalue weighted by molar-refractivity contribution is 5.71. The summed E-state index contributed by atoms with van der Waals surface area (Å²) in [5.74, 6) is -0.217. The molecule has 1 atom stereocenters. The molecule has 1 fully saturated rings. The molecule has 0 spiro atoms. The number of rotatable bonds is 4. The van der Waals surface area contributed by atoms with Crippen LogP contribution in [0.3, 0.4) is 0 Å². The number of likely N-dealkylation sites (N-methyl/N-ethyl adjacent to an activating group) is 1. The van der Waals surface area contributed by atoms with Gasteiger partial charge in [0, 0.05) is 24.2 Å². The van der Waals surface area contributed by atoms with Crippen LogP contribution in [0.25, 0.3) is 11.3 Å². The van der Waals surface area contributed by atoms with E-state index in [2.05, 4.69) is 32.2 Å². The van der Waals surface area contributed by atoms with Crippen molar-refractivity contribution in [2.45, 2.75) is 32.2 Å². The fourth-order valence-corrected chi connectivity index (χ4v) is 3.22. The van der Waals surface area contributed by atoms with E-state index >= 15 is 0 Å². The number of aromatic nitrogens is 2. The first-order valence-corrected chi connectivity index (χ1v) is 8.60. The molecule has 1 saturated heterocycles. The summed E-state index contributed by atoms with van der Waals surface area (Å²) < 4.78 is 40.7. The molecule has 0 bridgehead atoms. The van der Waals surface area contributed by atoms with E-state index < -0.39 is 12.1 Å². The molecule has 1 aromatic carbocycles. The SMILES string of the molecule is Cc1cc(N[C@H]2CCCN(C)C2)nnc1-c1ccc(OC(F)(F)F)cc1O. The largest absolute Gasteiger partial charge is 0.573 e. The van der Waals surface area contributed by atoms with Gasteiger partial charge in [0.15, 0.2) is 0 Å². The van der Waals surface area contributed by atoms with Crippen molar-refractivity contribution < 1.29 is 23.0 Å². The normalized spacial score (nSPS) is 18.3. The van der Waals surface area contributed by atoms with Gasteiger partial charge in [-0.2, -0.15) is 0 Å². The van der Waals surface area contributed by atoms with E-state index in [4.69, 9.17) is 0 Å². The maximum atomic E-state index is 12.3. The fourth-order valence-electron chi connectivity index (χ4n) is 3.22. The van der Waals surface area contributed by atoms with Crippen LogP contribution in [0.1, 0.15) is 18.4 Å². The first-order chi connectivity index (χ1) is 12.7. The Hall–Kier alpha value is -2.55. The van der Waals surface area contributed by atoms with E-state index in [1.165, 1.54) is 6.07 Å². The van der Waals surface area contributed by atoms with Crippen molar-refractivity contribution in [3.63, 3.8) is 0 Å². The number of ether oxygens (including phenoxy) is 1. The molecule has 2 heterocycles. The van der Waals surface area contributed by atoms with Gasteiger partial charge >= 0.3 is 6.36 Å². The number of nitrogens with zero attached hydrogens (tertiary/aromatic N) is 3. The molecule has 2 aromatic rings. The van der Waals surface area contributed by atoms with Crippen LogP contribution >= 0.6 is 0 Å². The number of halogens is 3. The first kappa shape index (κ1) is 19.2. The smallest absolute Gasteiger partial charge is 0.507 e. The second-order valence-electron chi connectivity index (χ2n) is 6.73. The van der Waals surface area contributed by atoms with Gasteiger partial charge < -0.3 is 20.1 Å². The van der Waals surface area contributed by atoms with Crippen LogP contribution < -0.4 is 10.1 Å². The number of phenolic OH excluding ortho intramolecular Hbond substituents is 1. The van der Waals surface area contributed by atoms with Crippen LogP contribution in [-0.2, 0) is 0 Å². The first-order valence-electron chi connectivity index (χ1n) is 8.60. The summed E-state index contributed by atoms with van der Waals surface area (Å²) in [7, 11) is 2.07. The lowest BCUT2D eigenvalue weighted by molar-refractivity contribution is -0.274. The molecule has 6 nitrogen and oxygen atoms in total. The Bertz CT molecular complexity index is 814. The number of likely N-dealkylation sites (tertiary alicyclic amines) is 1. The number of benzene rings is 1. The molecule has 9 heteroatoms. The second kappa shape index (κ2) is 7.59. The van der Waals surface area contributed by atoms with Gasteiger partial charge in [-0.1, -0.05) is 0 Å². The summed E-state index contributed by atoms with van der Waals surface area (Å²) in [4.78, 5) is 2.25. The number of aryl methyl sites for hydroxylation is 1. The fraction of sp³-hybridized carbons (Fsp3) is 0.444. The zero-order valence-electron chi connectivity index (χ0n) is 15.0. The third-order valence-corrected chi connectivity index (χ3v) is 4.42. The molecule has 0 amide bonds. The van der Waals surface area contributed by atoms with Crippen LogP contribution in [0.5, 0.6) is 11.5 Å². The minimum absolute atomic E-state index is 0.288. The minimum atomic E-state index is -4.82. The van der Waals surface area contributed by atoms with Crippen molar-refractivity contribution in [2.24, 2.45) is 0 Å². The quantitative estimate of drug-likeness (QED) is 0.843. The molecule has 1 aliphatic rings. The highest BCUT2D eigenvalue weighted by atomic mass is 19.4. The maximum Gasteiger partial charge on any atom is 0.573 e. The number of alkyl halides is 3. The number of hydrogen-bond donors (Lipinski definition) is 2. The summed E-state index contributed by atoms with van der Waals surface area (Å²) in [6.45, 7) is 3.81. The molecule has 1 aliphatic heterocycles. The molecule has 2 N–H and O–H groups in total. The zero-order valence-corrected chi connectivity index (χ0v) is 15.0. The van der Waals surface area contributed by atoms with Gasteiger partial charge in [-0.25, -0.2) is 0 Å². The van der Waals surface area contributed by atoms with E-state index in [0.717, 1.165) is 43.6 Å². The molecule has 0 unspecified atom stereocenters. The number of nitrogens with one attached hydrogen (secondary N) is 1. The monoisotopic (exact) mass is 382 g/mol. The number of aromatic hydroxyl groups is 1. The van der Waals surface area contributed by atoms with Gasteiger partial charge in [-0.05, 0) is 57.1 Å². The lowest BCUT2D eigenvalue weighted by Crippen LogP contribution is -2.39. The third kappa shape index (κ3) is 5.00. The summed E-state index contributed by atoms with van der Waals surface area (Å²) in [6.07, 6.45) is -2.66. The van der Waals surface area contributed by atoms with Gasteiger partial charge in [0.25, 0.3) is 0 Å². The van der Waals surface area contributed by atoms with Crippen LogP contribution in [0.2, 0.25) is 0 Å². The number of piperidine rings is 1. The molecule has 1 aromatic heterocycles. The van der Waals surface area contributed by atoms with Crippen LogP contribution in [0, 0.1) is 6.92 Å². The molecule has 0 aliphatic carbocycles. The van der Waals surface area contributed by atoms with Crippen LogP contribution in [-0.4, -0.2) is 52.7 Å². The Labute approximate surface area is 155 Å². The summed E-state index contributed by atoms with van der Waals surface area (Å²) in [5, 5.41) is 21.8. The van der Waals surface area contributed by atoms with Crippen LogP contribution in [0.15, 0.2) is 24.3 Å². The predicted octanol–water partition coefficient (Wildman–Crippen LogP) is 3.56. The molecule has 3 rings (SSSR count). The third-order valence-electron chi connectivity index (χ3n) is 4.42. The average molecular weight is 382 g/mol. The number of anilines is 1. The zero-order chi connectivity index (χ0) is 19.6. The van der Waals surface area contributed by atoms with Gasteiger partial charge in [0.2, 0.25) is 0 Å². The Balaban J connectivity index is 1.77. The van der Waals surface area contributed by atoms with Crippen LogP contribution in [0.4, 0.5) is 19.0 Å². The average Bonchev–Trinajstić information content (AvgIpc) is 2.54. The van der Waals surface area contributed by atoms with Gasteiger partial charge in [0.05, 0.1) is 5.69 Å². The van der Waals surface area contributed by atoms with E-state index in [0.29, 0.717) is 17.1 Å². The lowest BCUT2D eigenvalue weighted by Gasteiger charge is -2.30. The molecule has 146 valence electrons. The molecule has 0 saturated carbocycles.